The van der Waals surface area contributed by atoms with E-state index in [0.29, 0.717) is 5.56 Å². The summed E-state index contributed by atoms with van der Waals surface area (Å²) in [6.07, 6.45) is 0. The van der Waals surface area contributed by atoms with Crippen LogP contribution in [-0.2, 0) is 0 Å². The molecule has 0 aliphatic carbocycles. The minimum Gasteiger partial charge on any atom is -0.497 e. The molecule has 0 radical (unpaired) electrons. The van der Waals surface area contributed by atoms with Crippen LogP contribution in [0.2, 0.25) is 0 Å². The molecule has 0 fully saturated rings. The van der Waals surface area contributed by atoms with Gasteiger partial charge in [0, 0.05) is 11.3 Å². The highest BCUT2D eigenvalue weighted by atomic mass is 19.1. The van der Waals surface area contributed by atoms with Gasteiger partial charge in [-0.25, -0.2) is 4.39 Å². The zero-order valence-corrected chi connectivity index (χ0v) is 10.4. The summed E-state index contributed by atoms with van der Waals surface area (Å²) in [4.78, 5) is 0. The molecule has 0 amide bonds. The number of halogens is 1. The fraction of sp³-hybridized carbons (Fsp3) is 0.133. The number of nitrogens with one attached hydrogen (secondary N) is 1. The molecule has 3 nitrogen and oxygen atoms in total. The largest absolute Gasteiger partial charge is 0.497 e. The smallest absolute Gasteiger partial charge is 0.143 e. The number of methoxy groups -OCH3 is 1. The quantitative estimate of drug-likeness (QED) is 0.910. The first kappa shape index (κ1) is 12.9. The molecule has 2 aromatic carbocycles. The second-order valence-electron chi connectivity index (χ2n) is 3.96. The maximum absolute atomic E-state index is 13.6. The van der Waals surface area contributed by atoms with Crippen LogP contribution >= 0.6 is 0 Å². The molecule has 0 heterocycles. The predicted molar refractivity (Wildman–Crippen MR) is 71.4 cm³/mol. The maximum atomic E-state index is 13.6. The van der Waals surface area contributed by atoms with E-state index >= 15 is 0 Å². The Morgan fingerprint density at radius 2 is 1.84 bits per heavy atom. The van der Waals surface area contributed by atoms with Gasteiger partial charge in [0.1, 0.15) is 17.6 Å². The Morgan fingerprint density at radius 3 is 2.42 bits per heavy atom. The molecule has 1 N–H and O–H groups in total. The van der Waals surface area contributed by atoms with E-state index < -0.39 is 11.9 Å². The minimum absolute atomic E-state index is 0.334. The summed E-state index contributed by atoms with van der Waals surface area (Å²) in [5.74, 6) is 0.333. The van der Waals surface area contributed by atoms with Gasteiger partial charge in [-0.05, 0) is 30.3 Å². The van der Waals surface area contributed by atoms with Gasteiger partial charge in [-0.1, -0.05) is 18.2 Å². The van der Waals surface area contributed by atoms with Gasteiger partial charge in [-0.2, -0.15) is 5.26 Å². The molecular weight excluding hydrogens is 243 g/mol. The van der Waals surface area contributed by atoms with Crippen molar-refractivity contribution < 1.29 is 9.13 Å². The minimum atomic E-state index is -0.727. The van der Waals surface area contributed by atoms with Gasteiger partial charge in [0.2, 0.25) is 0 Å². The van der Waals surface area contributed by atoms with Crippen LogP contribution in [0.15, 0.2) is 48.5 Å². The number of hydrogen-bond donors (Lipinski definition) is 1. The Hall–Kier alpha value is -2.54. The molecule has 4 heteroatoms. The lowest BCUT2D eigenvalue weighted by atomic mass is 10.1. The fourth-order valence-corrected chi connectivity index (χ4v) is 1.74. The zero-order chi connectivity index (χ0) is 13.7. The van der Waals surface area contributed by atoms with Crippen LogP contribution in [0.5, 0.6) is 5.75 Å². The van der Waals surface area contributed by atoms with Crippen LogP contribution in [0.25, 0.3) is 0 Å². The number of hydrogen-bond acceptors (Lipinski definition) is 3. The van der Waals surface area contributed by atoms with E-state index in [2.05, 4.69) is 11.4 Å². The predicted octanol–water partition coefficient (Wildman–Crippen LogP) is 3.51. The number of nitrogens with zero attached hydrogens (tertiary/aromatic N) is 1. The summed E-state index contributed by atoms with van der Waals surface area (Å²) < 4.78 is 18.7. The van der Waals surface area contributed by atoms with Gasteiger partial charge in [0.05, 0.1) is 13.2 Å². The molecular formula is C15H13FN2O. The summed E-state index contributed by atoms with van der Waals surface area (Å²) in [5, 5.41) is 12.1. The molecule has 0 spiro atoms. The monoisotopic (exact) mass is 256 g/mol. The van der Waals surface area contributed by atoms with E-state index in [1.807, 2.05) is 0 Å². The van der Waals surface area contributed by atoms with Crippen molar-refractivity contribution in [2.24, 2.45) is 0 Å². The van der Waals surface area contributed by atoms with Crippen molar-refractivity contribution >= 4 is 5.69 Å². The molecule has 0 aliphatic heterocycles. The zero-order valence-electron chi connectivity index (χ0n) is 10.4. The van der Waals surface area contributed by atoms with Crippen molar-refractivity contribution in [3.63, 3.8) is 0 Å². The molecule has 1 atom stereocenters. The summed E-state index contributed by atoms with van der Waals surface area (Å²) in [5.41, 5.74) is 1.07. The normalized spacial score (nSPS) is 11.4. The summed E-state index contributed by atoms with van der Waals surface area (Å²) in [7, 11) is 1.58. The second-order valence-corrected chi connectivity index (χ2v) is 3.96. The van der Waals surface area contributed by atoms with E-state index in [1.165, 1.54) is 6.07 Å². The maximum Gasteiger partial charge on any atom is 0.143 e. The standard InChI is InChI=1S/C15H13FN2O/c1-19-12-8-6-11(7-9-12)18-15(10-17)13-4-2-3-5-14(13)16/h2-9,15,18H,1H3. The molecule has 0 saturated heterocycles. The van der Waals surface area contributed by atoms with Crippen molar-refractivity contribution in [1.82, 2.24) is 0 Å². The fourth-order valence-electron chi connectivity index (χ4n) is 1.74. The molecule has 0 aromatic heterocycles. The van der Waals surface area contributed by atoms with Crippen LogP contribution in [0.3, 0.4) is 0 Å². The Bertz CT molecular complexity index is 590. The van der Waals surface area contributed by atoms with Gasteiger partial charge < -0.3 is 10.1 Å². The second kappa shape index (κ2) is 5.87. The molecule has 0 saturated carbocycles. The van der Waals surface area contributed by atoms with Crippen molar-refractivity contribution in [3.8, 4) is 11.8 Å². The van der Waals surface area contributed by atoms with Crippen LogP contribution in [-0.4, -0.2) is 7.11 Å². The third kappa shape index (κ3) is 3.02. The van der Waals surface area contributed by atoms with Crippen LogP contribution in [0.4, 0.5) is 10.1 Å². The van der Waals surface area contributed by atoms with Crippen LogP contribution in [0.1, 0.15) is 11.6 Å². The van der Waals surface area contributed by atoms with E-state index in [-0.39, 0.29) is 0 Å². The Kier molecular flexibility index (Phi) is 3.99. The SMILES string of the molecule is COc1ccc(NC(C#N)c2ccccc2F)cc1. The summed E-state index contributed by atoms with van der Waals surface area (Å²) >= 11 is 0. The van der Waals surface area contributed by atoms with Gasteiger partial charge in [0.25, 0.3) is 0 Å². The molecule has 19 heavy (non-hydrogen) atoms. The lowest BCUT2D eigenvalue weighted by Gasteiger charge is -2.14. The van der Waals surface area contributed by atoms with E-state index in [0.717, 1.165) is 11.4 Å². The topological polar surface area (TPSA) is 45.0 Å². The molecule has 96 valence electrons. The number of rotatable bonds is 4. The Labute approximate surface area is 111 Å². The summed E-state index contributed by atoms with van der Waals surface area (Å²) in [6.45, 7) is 0. The van der Waals surface area contributed by atoms with Crippen molar-refractivity contribution in [2.45, 2.75) is 6.04 Å². The van der Waals surface area contributed by atoms with Crippen LogP contribution in [0, 0.1) is 17.1 Å². The Morgan fingerprint density at radius 1 is 1.16 bits per heavy atom. The van der Waals surface area contributed by atoms with Crippen molar-refractivity contribution in [3.05, 3.63) is 59.9 Å². The van der Waals surface area contributed by atoms with E-state index in [4.69, 9.17) is 10.00 Å². The summed E-state index contributed by atoms with van der Waals surface area (Å²) in [6, 6.07) is 14.7. The molecule has 1 unspecified atom stereocenters. The molecule has 0 aliphatic rings. The average Bonchev–Trinajstić information content (AvgIpc) is 2.46. The molecule has 0 bridgehead atoms. The third-order valence-electron chi connectivity index (χ3n) is 2.75. The van der Waals surface area contributed by atoms with E-state index in [1.54, 1.807) is 49.6 Å². The Balaban J connectivity index is 2.20. The van der Waals surface area contributed by atoms with E-state index in [9.17, 15) is 4.39 Å². The van der Waals surface area contributed by atoms with Crippen LogP contribution < -0.4 is 10.1 Å². The number of benzene rings is 2. The van der Waals surface area contributed by atoms with Crippen molar-refractivity contribution in [1.29, 1.82) is 5.26 Å². The lowest BCUT2D eigenvalue weighted by molar-refractivity contribution is 0.415. The first-order chi connectivity index (χ1) is 9.24. The van der Waals surface area contributed by atoms with Gasteiger partial charge in [0.15, 0.2) is 0 Å². The van der Waals surface area contributed by atoms with Gasteiger partial charge >= 0.3 is 0 Å². The highest BCUT2D eigenvalue weighted by Gasteiger charge is 2.14. The number of ether oxygens (including phenoxy) is 1. The molecule has 2 aromatic rings. The first-order valence-corrected chi connectivity index (χ1v) is 5.79. The number of nitriles is 1. The van der Waals surface area contributed by atoms with Gasteiger partial charge in [-0.15, -0.1) is 0 Å². The lowest BCUT2D eigenvalue weighted by Crippen LogP contribution is -2.10. The highest BCUT2D eigenvalue weighted by molar-refractivity contribution is 5.49. The highest BCUT2D eigenvalue weighted by Crippen LogP contribution is 2.23. The molecule has 2 rings (SSSR count). The first-order valence-electron chi connectivity index (χ1n) is 5.79. The van der Waals surface area contributed by atoms with Gasteiger partial charge in [-0.3, -0.25) is 0 Å². The van der Waals surface area contributed by atoms with Crippen molar-refractivity contribution in [2.75, 3.05) is 12.4 Å². The number of anilines is 1. The third-order valence-corrected chi connectivity index (χ3v) is 2.75. The average molecular weight is 256 g/mol.